The Kier molecular flexibility index (Phi) is 3.79. The van der Waals surface area contributed by atoms with Crippen LogP contribution in [0.1, 0.15) is 13.3 Å². The summed E-state index contributed by atoms with van der Waals surface area (Å²) >= 11 is 0. The SMILES string of the molecule is CC1CN(CCC(=O)O)CCN1c1nc2ccccc2o1. The largest absolute Gasteiger partial charge is 0.481 e. The van der Waals surface area contributed by atoms with E-state index in [1.165, 1.54) is 0 Å². The molecule has 0 spiro atoms. The molecule has 6 nitrogen and oxygen atoms in total. The van der Waals surface area contributed by atoms with E-state index in [9.17, 15) is 4.79 Å². The molecule has 1 unspecified atom stereocenters. The summed E-state index contributed by atoms with van der Waals surface area (Å²) in [5, 5.41) is 8.76. The molecule has 0 aliphatic carbocycles. The molecule has 0 saturated carbocycles. The standard InChI is InChI=1S/C15H19N3O3/c1-11-10-17(7-6-14(19)20)8-9-18(11)15-16-12-4-2-3-5-13(12)21-15/h2-5,11H,6-10H2,1H3,(H,19,20). The van der Waals surface area contributed by atoms with Crippen molar-refractivity contribution in [2.24, 2.45) is 0 Å². The molecule has 1 N–H and O–H groups in total. The van der Waals surface area contributed by atoms with Crippen LogP contribution >= 0.6 is 0 Å². The van der Waals surface area contributed by atoms with Crippen LogP contribution in [0.4, 0.5) is 6.01 Å². The van der Waals surface area contributed by atoms with Crippen LogP contribution in [0.15, 0.2) is 28.7 Å². The number of aromatic nitrogens is 1. The fourth-order valence-electron chi connectivity index (χ4n) is 2.76. The molecule has 0 radical (unpaired) electrons. The van der Waals surface area contributed by atoms with Gasteiger partial charge in [0.25, 0.3) is 6.01 Å². The number of piperazine rings is 1. The van der Waals surface area contributed by atoms with Crippen molar-refractivity contribution in [3.63, 3.8) is 0 Å². The molecule has 1 aliphatic heterocycles. The first-order valence-electron chi connectivity index (χ1n) is 7.20. The van der Waals surface area contributed by atoms with Gasteiger partial charge >= 0.3 is 5.97 Å². The number of fused-ring (bicyclic) bond motifs is 1. The minimum Gasteiger partial charge on any atom is -0.481 e. The van der Waals surface area contributed by atoms with E-state index >= 15 is 0 Å². The molecule has 3 rings (SSSR count). The normalized spacial score (nSPS) is 20.0. The molecule has 1 aliphatic rings. The average Bonchev–Trinajstić information content (AvgIpc) is 2.88. The molecule has 0 amide bonds. The smallest absolute Gasteiger partial charge is 0.304 e. The van der Waals surface area contributed by atoms with Crippen molar-refractivity contribution in [3.05, 3.63) is 24.3 Å². The van der Waals surface area contributed by atoms with Gasteiger partial charge in [0.05, 0.1) is 6.42 Å². The number of rotatable bonds is 4. The van der Waals surface area contributed by atoms with Crippen LogP contribution < -0.4 is 4.90 Å². The number of hydrogen-bond donors (Lipinski definition) is 1. The minimum absolute atomic E-state index is 0.190. The highest BCUT2D eigenvalue weighted by molar-refractivity contribution is 5.74. The molecule has 2 heterocycles. The molecule has 1 fully saturated rings. The van der Waals surface area contributed by atoms with Gasteiger partial charge in [0.1, 0.15) is 5.52 Å². The average molecular weight is 289 g/mol. The Balaban J connectivity index is 1.68. The second-order valence-corrected chi connectivity index (χ2v) is 5.45. The van der Waals surface area contributed by atoms with E-state index < -0.39 is 5.97 Å². The topological polar surface area (TPSA) is 69.8 Å². The second-order valence-electron chi connectivity index (χ2n) is 5.45. The number of oxazole rings is 1. The van der Waals surface area contributed by atoms with Crippen molar-refractivity contribution < 1.29 is 14.3 Å². The molecular formula is C15H19N3O3. The molecule has 2 aromatic rings. The first-order chi connectivity index (χ1) is 10.1. The number of hydrogen-bond acceptors (Lipinski definition) is 5. The summed E-state index contributed by atoms with van der Waals surface area (Å²) in [4.78, 5) is 19.5. The highest BCUT2D eigenvalue weighted by Gasteiger charge is 2.27. The summed E-state index contributed by atoms with van der Waals surface area (Å²) in [6.45, 7) is 5.17. The summed E-state index contributed by atoms with van der Waals surface area (Å²) < 4.78 is 5.81. The van der Waals surface area contributed by atoms with Crippen molar-refractivity contribution >= 4 is 23.1 Å². The highest BCUT2D eigenvalue weighted by Crippen LogP contribution is 2.24. The Bertz CT molecular complexity index is 607. The van der Waals surface area contributed by atoms with E-state index in [0.717, 1.165) is 30.7 Å². The van der Waals surface area contributed by atoms with Gasteiger partial charge in [-0.25, -0.2) is 0 Å². The van der Waals surface area contributed by atoms with Gasteiger partial charge in [-0.05, 0) is 19.1 Å². The monoisotopic (exact) mass is 289 g/mol. The summed E-state index contributed by atoms with van der Waals surface area (Å²) in [6, 6.07) is 8.64. The lowest BCUT2D eigenvalue weighted by molar-refractivity contribution is -0.137. The van der Waals surface area contributed by atoms with Gasteiger partial charge in [-0.2, -0.15) is 4.98 Å². The Morgan fingerprint density at radius 1 is 1.43 bits per heavy atom. The van der Waals surface area contributed by atoms with Crippen LogP contribution in [-0.2, 0) is 4.79 Å². The zero-order chi connectivity index (χ0) is 14.8. The Hall–Kier alpha value is -2.08. The van der Waals surface area contributed by atoms with Crippen LogP contribution in [-0.4, -0.2) is 53.2 Å². The quantitative estimate of drug-likeness (QED) is 0.925. The number of nitrogens with zero attached hydrogens (tertiary/aromatic N) is 3. The van der Waals surface area contributed by atoms with Crippen LogP contribution in [0.3, 0.4) is 0 Å². The maximum Gasteiger partial charge on any atom is 0.304 e. The maximum absolute atomic E-state index is 10.6. The van der Waals surface area contributed by atoms with E-state index in [4.69, 9.17) is 9.52 Å². The molecule has 1 saturated heterocycles. The lowest BCUT2D eigenvalue weighted by Crippen LogP contribution is -2.52. The number of carboxylic acids is 1. The van der Waals surface area contributed by atoms with E-state index in [-0.39, 0.29) is 12.5 Å². The number of para-hydroxylation sites is 2. The highest BCUT2D eigenvalue weighted by atomic mass is 16.4. The number of carbonyl (C=O) groups is 1. The van der Waals surface area contributed by atoms with Crippen LogP contribution in [0, 0.1) is 0 Å². The van der Waals surface area contributed by atoms with E-state index in [1.807, 2.05) is 24.3 Å². The van der Waals surface area contributed by atoms with Gasteiger partial charge < -0.3 is 14.4 Å². The Morgan fingerprint density at radius 3 is 2.95 bits per heavy atom. The van der Waals surface area contributed by atoms with Crippen molar-refractivity contribution in [2.45, 2.75) is 19.4 Å². The molecule has 0 bridgehead atoms. The molecule has 112 valence electrons. The van der Waals surface area contributed by atoms with Crippen molar-refractivity contribution in [1.82, 2.24) is 9.88 Å². The number of benzene rings is 1. The predicted molar refractivity (Wildman–Crippen MR) is 79.5 cm³/mol. The zero-order valence-electron chi connectivity index (χ0n) is 12.0. The molecule has 1 aromatic carbocycles. The van der Waals surface area contributed by atoms with Gasteiger partial charge in [0.2, 0.25) is 0 Å². The second kappa shape index (κ2) is 5.73. The van der Waals surface area contributed by atoms with Gasteiger partial charge in [-0.15, -0.1) is 0 Å². The van der Waals surface area contributed by atoms with Crippen molar-refractivity contribution in [3.8, 4) is 0 Å². The fraction of sp³-hybridized carbons (Fsp3) is 0.467. The van der Waals surface area contributed by atoms with Gasteiger partial charge in [0.15, 0.2) is 5.58 Å². The third-order valence-electron chi connectivity index (χ3n) is 3.88. The minimum atomic E-state index is -0.746. The third-order valence-corrected chi connectivity index (χ3v) is 3.88. The molecule has 1 atom stereocenters. The molecular weight excluding hydrogens is 270 g/mol. The fourth-order valence-corrected chi connectivity index (χ4v) is 2.76. The zero-order valence-corrected chi connectivity index (χ0v) is 12.0. The summed E-state index contributed by atoms with van der Waals surface area (Å²) in [6.07, 6.45) is 0.190. The lowest BCUT2D eigenvalue weighted by Gasteiger charge is -2.38. The van der Waals surface area contributed by atoms with E-state index in [1.54, 1.807) is 0 Å². The molecule has 21 heavy (non-hydrogen) atoms. The summed E-state index contributed by atoms with van der Waals surface area (Å²) in [5.41, 5.74) is 1.67. The van der Waals surface area contributed by atoms with Crippen LogP contribution in [0.2, 0.25) is 0 Å². The van der Waals surface area contributed by atoms with Crippen molar-refractivity contribution in [1.29, 1.82) is 0 Å². The lowest BCUT2D eigenvalue weighted by atomic mass is 10.2. The van der Waals surface area contributed by atoms with E-state index in [0.29, 0.717) is 12.6 Å². The number of aliphatic carboxylic acids is 1. The molecule has 1 aromatic heterocycles. The number of carboxylic acid groups (broad SMARTS) is 1. The maximum atomic E-state index is 10.6. The van der Waals surface area contributed by atoms with Crippen LogP contribution in [0.25, 0.3) is 11.1 Å². The summed E-state index contributed by atoms with van der Waals surface area (Å²) in [7, 11) is 0. The summed E-state index contributed by atoms with van der Waals surface area (Å²) in [5.74, 6) is -0.746. The first-order valence-corrected chi connectivity index (χ1v) is 7.20. The van der Waals surface area contributed by atoms with Gasteiger partial charge in [-0.3, -0.25) is 9.69 Å². The Morgan fingerprint density at radius 2 is 2.24 bits per heavy atom. The van der Waals surface area contributed by atoms with Gasteiger partial charge in [-0.1, -0.05) is 12.1 Å². The molecule has 6 heteroatoms. The van der Waals surface area contributed by atoms with E-state index in [2.05, 4.69) is 21.7 Å². The number of anilines is 1. The first kappa shape index (κ1) is 13.9. The Labute approximate surface area is 123 Å². The predicted octanol–water partition coefficient (Wildman–Crippen LogP) is 1.81. The van der Waals surface area contributed by atoms with Crippen LogP contribution in [0.5, 0.6) is 0 Å². The third kappa shape index (κ3) is 3.00. The van der Waals surface area contributed by atoms with Gasteiger partial charge in [0, 0.05) is 32.2 Å². The van der Waals surface area contributed by atoms with Crippen molar-refractivity contribution in [2.75, 3.05) is 31.1 Å².